The quantitative estimate of drug-likeness (QED) is 0.726. The summed E-state index contributed by atoms with van der Waals surface area (Å²) in [6.07, 6.45) is 5.41. The number of pyridine rings is 1. The zero-order valence-corrected chi connectivity index (χ0v) is 13.3. The van der Waals surface area contributed by atoms with E-state index in [1.54, 1.807) is 31.5 Å². The molecule has 1 aromatic carbocycles. The van der Waals surface area contributed by atoms with Crippen LogP contribution in [0.3, 0.4) is 0 Å². The van der Waals surface area contributed by atoms with Crippen LogP contribution in [-0.2, 0) is 6.54 Å². The number of benzene rings is 1. The van der Waals surface area contributed by atoms with E-state index in [9.17, 15) is 9.18 Å². The van der Waals surface area contributed by atoms with Crippen LogP contribution in [-0.4, -0.2) is 21.8 Å². The highest BCUT2D eigenvalue weighted by molar-refractivity contribution is 5.99. The number of para-hydroxylation sites is 1. The molecule has 0 radical (unpaired) electrons. The van der Waals surface area contributed by atoms with Crippen LogP contribution in [0.5, 0.6) is 0 Å². The van der Waals surface area contributed by atoms with E-state index < -0.39 is 5.82 Å². The van der Waals surface area contributed by atoms with Gasteiger partial charge in [-0.05, 0) is 43.5 Å². The standard InChI is InChI=1S/C19H17FN2O2/c1-12-15-3-2-4-16(20)18(15)24-17(12)19(23)22(14-5-6-14)11-13-7-9-21-10-8-13/h2-4,7-10,14H,5-6,11H2,1H3. The van der Waals surface area contributed by atoms with Crippen molar-refractivity contribution in [2.75, 3.05) is 0 Å². The van der Waals surface area contributed by atoms with E-state index in [0.29, 0.717) is 17.5 Å². The average Bonchev–Trinajstić information content (AvgIpc) is 3.38. The average molecular weight is 324 g/mol. The highest BCUT2D eigenvalue weighted by Crippen LogP contribution is 2.33. The summed E-state index contributed by atoms with van der Waals surface area (Å²) in [7, 11) is 0. The molecule has 2 heterocycles. The lowest BCUT2D eigenvalue weighted by Crippen LogP contribution is -2.32. The lowest BCUT2D eigenvalue weighted by atomic mass is 10.1. The molecule has 1 aliphatic carbocycles. The van der Waals surface area contributed by atoms with Crippen LogP contribution in [0.2, 0.25) is 0 Å². The third kappa shape index (κ3) is 2.56. The highest BCUT2D eigenvalue weighted by atomic mass is 19.1. The summed E-state index contributed by atoms with van der Waals surface area (Å²) in [5.74, 6) is -0.389. The number of hydrogen-bond acceptors (Lipinski definition) is 3. The smallest absolute Gasteiger partial charge is 0.290 e. The zero-order chi connectivity index (χ0) is 16.7. The highest BCUT2D eigenvalue weighted by Gasteiger charge is 2.35. The number of furan rings is 1. The molecule has 1 saturated carbocycles. The first-order chi connectivity index (χ1) is 11.6. The molecule has 1 aliphatic rings. The number of hydrogen-bond donors (Lipinski definition) is 0. The fourth-order valence-corrected chi connectivity index (χ4v) is 2.98. The van der Waals surface area contributed by atoms with Gasteiger partial charge in [-0.25, -0.2) is 4.39 Å². The van der Waals surface area contributed by atoms with Gasteiger partial charge in [0.2, 0.25) is 0 Å². The number of carbonyl (C=O) groups is 1. The van der Waals surface area contributed by atoms with Gasteiger partial charge in [0, 0.05) is 35.9 Å². The van der Waals surface area contributed by atoms with Crippen LogP contribution in [0.1, 0.15) is 34.5 Å². The molecule has 3 aromatic rings. The molecule has 1 amide bonds. The maximum absolute atomic E-state index is 13.9. The summed E-state index contributed by atoms with van der Waals surface area (Å²) in [6, 6.07) is 8.77. The molecule has 24 heavy (non-hydrogen) atoms. The Morgan fingerprint density at radius 1 is 1.29 bits per heavy atom. The first-order valence-electron chi connectivity index (χ1n) is 8.02. The molecule has 0 spiro atoms. The minimum Gasteiger partial charge on any atom is -0.448 e. The molecule has 122 valence electrons. The molecule has 1 fully saturated rings. The van der Waals surface area contributed by atoms with Crippen LogP contribution in [0, 0.1) is 12.7 Å². The maximum Gasteiger partial charge on any atom is 0.290 e. The zero-order valence-electron chi connectivity index (χ0n) is 13.3. The van der Waals surface area contributed by atoms with Crippen molar-refractivity contribution in [1.82, 2.24) is 9.88 Å². The van der Waals surface area contributed by atoms with E-state index in [4.69, 9.17) is 4.42 Å². The van der Waals surface area contributed by atoms with Crippen molar-refractivity contribution in [2.45, 2.75) is 32.4 Å². The first-order valence-corrected chi connectivity index (χ1v) is 8.02. The Bertz CT molecular complexity index is 900. The fourth-order valence-electron chi connectivity index (χ4n) is 2.98. The van der Waals surface area contributed by atoms with Gasteiger partial charge in [-0.2, -0.15) is 0 Å². The van der Waals surface area contributed by atoms with Crippen molar-refractivity contribution < 1.29 is 13.6 Å². The van der Waals surface area contributed by atoms with E-state index in [0.717, 1.165) is 18.4 Å². The monoisotopic (exact) mass is 324 g/mol. The normalized spacial score (nSPS) is 14.1. The fraction of sp³-hybridized carbons (Fsp3) is 0.263. The number of fused-ring (bicyclic) bond motifs is 1. The predicted octanol–water partition coefficient (Wildman–Crippen LogP) is 4.08. The van der Waals surface area contributed by atoms with Crippen molar-refractivity contribution in [2.24, 2.45) is 0 Å². The second kappa shape index (κ2) is 5.74. The minimum atomic E-state index is -0.443. The van der Waals surface area contributed by atoms with Gasteiger partial charge in [-0.3, -0.25) is 9.78 Å². The predicted molar refractivity (Wildman–Crippen MR) is 88.0 cm³/mol. The molecule has 4 rings (SSSR count). The molecule has 0 bridgehead atoms. The number of rotatable bonds is 4. The lowest BCUT2D eigenvalue weighted by molar-refractivity contribution is 0.0698. The SMILES string of the molecule is Cc1c(C(=O)N(Cc2ccncc2)C2CC2)oc2c(F)cccc12. The molecule has 0 saturated heterocycles. The van der Waals surface area contributed by atoms with Gasteiger partial charge in [-0.1, -0.05) is 12.1 Å². The van der Waals surface area contributed by atoms with E-state index in [2.05, 4.69) is 4.98 Å². The van der Waals surface area contributed by atoms with Crippen molar-refractivity contribution in [3.05, 3.63) is 65.4 Å². The number of nitrogens with zero attached hydrogens (tertiary/aromatic N) is 2. The Morgan fingerprint density at radius 3 is 2.71 bits per heavy atom. The van der Waals surface area contributed by atoms with Gasteiger partial charge in [0.15, 0.2) is 17.2 Å². The van der Waals surface area contributed by atoms with Gasteiger partial charge in [0.05, 0.1) is 0 Å². The van der Waals surface area contributed by atoms with Crippen molar-refractivity contribution in [1.29, 1.82) is 0 Å². The van der Waals surface area contributed by atoms with Crippen molar-refractivity contribution in [3.8, 4) is 0 Å². The Kier molecular flexibility index (Phi) is 3.56. The van der Waals surface area contributed by atoms with Gasteiger partial charge in [0.1, 0.15) is 0 Å². The van der Waals surface area contributed by atoms with E-state index in [1.807, 2.05) is 17.0 Å². The summed E-state index contributed by atoms with van der Waals surface area (Å²) < 4.78 is 19.5. The Morgan fingerprint density at radius 2 is 2.04 bits per heavy atom. The topological polar surface area (TPSA) is 46.3 Å². The minimum absolute atomic E-state index is 0.151. The van der Waals surface area contributed by atoms with Crippen LogP contribution < -0.4 is 0 Å². The van der Waals surface area contributed by atoms with E-state index in [1.165, 1.54) is 6.07 Å². The number of aryl methyl sites for hydroxylation is 1. The number of halogens is 1. The molecule has 0 atom stereocenters. The summed E-state index contributed by atoms with van der Waals surface area (Å²) in [5, 5.41) is 0.651. The number of aromatic nitrogens is 1. The van der Waals surface area contributed by atoms with Gasteiger partial charge < -0.3 is 9.32 Å². The first kappa shape index (κ1) is 14.9. The van der Waals surface area contributed by atoms with Crippen LogP contribution in [0.4, 0.5) is 4.39 Å². The summed E-state index contributed by atoms with van der Waals surface area (Å²) in [6.45, 7) is 2.31. The molecule has 0 N–H and O–H groups in total. The van der Waals surface area contributed by atoms with Gasteiger partial charge in [-0.15, -0.1) is 0 Å². The summed E-state index contributed by atoms with van der Waals surface area (Å²) in [4.78, 5) is 18.8. The number of carbonyl (C=O) groups excluding carboxylic acids is 1. The van der Waals surface area contributed by atoms with Crippen molar-refractivity contribution in [3.63, 3.8) is 0 Å². The molecule has 2 aromatic heterocycles. The Labute approximate surface area is 138 Å². The van der Waals surface area contributed by atoms with Crippen LogP contribution in [0.25, 0.3) is 11.0 Å². The largest absolute Gasteiger partial charge is 0.448 e. The maximum atomic E-state index is 13.9. The van der Waals surface area contributed by atoms with Gasteiger partial charge in [0.25, 0.3) is 5.91 Å². The molecular formula is C19H17FN2O2. The lowest BCUT2D eigenvalue weighted by Gasteiger charge is -2.21. The molecule has 4 nitrogen and oxygen atoms in total. The van der Waals surface area contributed by atoms with Crippen LogP contribution in [0.15, 0.2) is 47.1 Å². The third-order valence-corrected chi connectivity index (χ3v) is 4.46. The van der Waals surface area contributed by atoms with Gasteiger partial charge >= 0.3 is 0 Å². The molecular weight excluding hydrogens is 307 g/mol. The van der Waals surface area contributed by atoms with Crippen molar-refractivity contribution >= 4 is 16.9 Å². The van der Waals surface area contributed by atoms with E-state index in [-0.39, 0.29) is 23.3 Å². The third-order valence-electron chi connectivity index (χ3n) is 4.46. The molecule has 0 unspecified atom stereocenters. The summed E-state index contributed by atoms with van der Waals surface area (Å²) >= 11 is 0. The van der Waals surface area contributed by atoms with Crippen LogP contribution >= 0.6 is 0 Å². The molecule has 0 aliphatic heterocycles. The second-order valence-corrected chi connectivity index (χ2v) is 6.19. The second-order valence-electron chi connectivity index (χ2n) is 6.19. The molecule has 5 heteroatoms. The Hall–Kier alpha value is -2.69. The number of amides is 1. The Balaban J connectivity index is 1.70. The van der Waals surface area contributed by atoms with E-state index >= 15 is 0 Å². The summed E-state index contributed by atoms with van der Waals surface area (Å²) in [5.41, 5.74) is 1.86.